The second-order valence-corrected chi connectivity index (χ2v) is 5.05. The maximum absolute atomic E-state index is 5.78. The van der Waals surface area contributed by atoms with Crippen LogP contribution in [0.25, 0.3) is 0 Å². The molecule has 2 rings (SSSR count). The fraction of sp³-hybridized carbons (Fsp3) is 0.571. The highest BCUT2D eigenvalue weighted by atomic mass is 16.5. The second kappa shape index (κ2) is 3.88. The molecule has 15 heavy (non-hydrogen) atoms. The highest BCUT2D eigenvalue weighted by molar-refractivity contribution is 5.38. The van der Waals surface area contributed by atoms with Crippen LogP contribution in [0.15, 0.2) is 35.6 Å². The lowest BCUT2D eigenvalue weighted by Gasteiger charge is -2.28. The summed E-state index contributed by atoms with van der Waals surface area (Å²) in [5.74, 6) is 1.80. The third-order valence-electron chi connectivity index (χ3n) is 3.25. The van der Waals surface area contributed by atoms with Crippen molar-refractivity contribution >= 4 is 0 Å². The van der Waals surface area contributed by atoms with E-state index in [0.717, 1.165) is 18.8 Å². The van der Waals surface area contributed by atoms with E-state index in [9.17, 15) is 0 Å². The Kier molecular flexibility index (Phi) is 2.72. The number of ether oxygens (including phenoxy) is 1. The van der Waals surface area contributed by atoms with Gasteiger partial charge in [0.2, 0.25) is 0 Å². The molecular weight excluding hydrogens is 184 g/mol. The summed E-state index contributed by atoms with van der Waals surface area (Å²) in [6, 6.07) is 0. The van der Waals surface area contributed by atoms with E-state index in [2.05, 4.69) is 45.1 Å². The van der Waals surface area contributed by atoms with E-state index in [4.69, 9.17) is 4.74 Å². The van der Waals surface area contributed by atoms with Crippen LogP contribution < -0.4 is 0 Å². The first-order valence-electron chi connectivity index (χ1n) is 5.88. The second-order valence-electron chi connectivity index (χ2n) is 5.05. The topological polar surface area (TPSA) is 9.23 Å². The lowest BCUT2D eigenvalue weighted by atomic mass is 9.87. The van der Waals surface area contributed by atoms with E-state index in [0.29, 0.717) is 5.92 Å². The summed E-state index contributed by atoms with van der Waals surface area (Å²) >= 11 is 0. The van der Waals surface area contributed by atoms with Crippen molar-refractivity contribution in [2.75, 3.05) is 6.61 Å². The van der Waals surface area contributed by atoms with Gasteiger partial charge in [-0.25, -0.2) is 0 Å². The van der Waals surface area contributed by atoms with Crippen molar-refractivity contribution < 1.29 is 4.74 Å². The molecule has 0 spiro atoms. The fourth-order valence-electron chi connectivity index (χ4n) is 2.30. The quantitative estimate of drug-likeness (QED) is 0.630. The molecule has 0 amide bonds. The zero-order valence-corrected chi connectivity index (χ0v) is 9.92. The van der Waals surface area contributed by atoms with E-state index in [-0.39, 0.29) is 5.41 Å². The molecule has 0 saturated carbocycles. The zero-order valence-electron chi connectivity index (χ0n) is 9.92. The summed E-state index contributed by atoms with van der Waals surface area (Å²) in [6.07, 6.45) is 11.3. The molecule has 0 bridgehead atoms. The van der Waals surface area contributed by atoms with Crippen molar-refractivity contribution in [2.45, 2.75) is 33.6 Å². The van der Waals surface area contributed by atoms with E-state index >= 15 is 0 Å². The normalized spacial score (nSPS) is 28.3. The molecule has 1 saturated heterocycles. The summed E-state index contributed by atoms with van der Waals surface area (Å²) in [6.45, 7) is 7.56. The lowest BCUT2D eigenvalue weighted by Crippen LogP contribution is -2.18. The summed E-state index contributed by atoms with van der Waals surface area (Å²) in [5.41, 5.74) is 1.51. The molecule has 1 fully saturated rings. The van der Waals surface area contributed by atoms with Crippen LogP contribution in [-0.4, -0.2) is 6.61 Å². The molecule has 0 N–H and O–H groups in total. The van der Waals surface area contributed by atoms with Crippen LogP contribution >= 0.6 is 0 Å². The van der Waals surface area contributed by atoms with Crippen LogP contribution in [0.1, 0.15) is 33.6 Å². The average molecular weight is 204 g/mol. The maximum Gasteiger partial charge on any atom is 0.119 e. The summed E-state index contributed by atoms with van der Waals surface area (Å²) in [5, 5.41) is 0. The number of rotatable bonds is 1. The van der Waals surface area contributed by atoms with Crippen molar-refractivity contribution in [3.05, 3.63) is 35.6 Å². The van der Waals surface area contributed by atoms with Crippen molar-refractivity contribution in [3.8, 4) is 0 Å². The molecule has 82 valence electrons. The van der Waals surface area contributed by atoms with Crippen LogP contribution in [0, 0.1) is 11.3 Å². The van der Waals surface area contributed by atoms with Crippen LogP contribution in [0.5, 0.6) is 0 Å². The average Bonchev–Trinajstić information content (AvgIpc) is 2.33. The van der Waals surface area contributed by atoms with Crippen LogP contribution in [0.3, 0.4) is 0 Å². The molecule has 0 aromatic rings. The monoisotopic (exact) mass is 204 g/mol. The Bertz CT molecular complexity index is 331. The van der Waals surface area contributed by atoms with E-state index in [1.165, 1.54) is 12.0 Å². The van der Waals surface area contributed by atoms with Gasteiger partial charge in [-0.2, -0.15) is 0 Å². The van der Waals surface area contributed by atoms with Gasteiger partial charge in [-0.05, 0) is 30.4 Å². The minimum absolute atomic E-state index is 0.114. The molecule has 1 nitrogen and oxygen atoms in total. The molecule has 1 heteroatoms. The first-order valence-corrected chi connectivity index (χ1v) is 5.88. The summed E-state index contributed by atoms with van der Waals surface area (Å²) in [4.78, 5) is 0. The van der Waals surface area contributed by atoms with Crippen molar-refractivity contribution in [1.29, 1.82) is 0 Å². The first-order chi connectivity index (χ1) is 7.12. The number of hydrogen-bond acceptors (Lipinski definition) is 1. The fourth-order valence-corrected chi connectivity index (χ4v) is 2.30. The Hall–Kier alpha value is -0.980. The number of fused-ring (bicyclic) bond motifs is 1. The van der Waals surface area contributed by atoms with Gasteiger partial charge in [0.1, 0.15) is 5.76 Å². The van der Waals surface area contributed by atoms with Gasteiger partial charge in [0, 0.05) is 5.41 Å². The van der Waals surface area contributed by atoms with Crippen molar-refractivity contribution in [2.24, 2.45) is 11.3 Å². The number of hydrogen-bond donors (Lipinski definition) is 0. The standard InChI is InChI=1S/C14H20O/c1-4-11-7-9-15-13-10-14(2,3)8-5-6-12(11)13/h5-6,8,10-11H,4,7,9H2,1-3H3. The van der Waals surface area contributed by atoms with Crippen LogP contribution in [0.2, 0.25) is 0 Å². The largest absolute Gasteiger partial charge is 0.494 e. The molecule has 1 aliphatic heterocycles. The molecule has 1 unspecified atom stereocenters. The van der Waals surface area contributed by atoms with Crippen LogP contribution in [0.4, 0.5) is 0 Å². The molecule has 0 aromatic carbocycles. The van der Waals surface area contributed by atoms with Gasteiger partial charge in [0.25, 0.3) is 0 Å². The molecule has 0 radical (unpaired) electrons. The zero-order chi connectivity index (χ0) is 10.9. The summed E-state index contributed by atoms with van der Waals surface area (Å²) in [7, 11) is 0. The highest BCUT2D eigenvalue weighted by Gasteiger charge is 2.25. The third-order valence-corrected chi connectivity index (χ3v) is 3.25. The number of allylic oxidation sites excluding steroid dienone is 5. The minimum Gasteiger partial charge on any atom is -0.494 e. The highest BCUT2D eigenvalue weighted by Crippen LogP contribution is 2.36. The molecule has 2 aliphatic rings. The Balaban J connectivity index is 2.35. The molecule has 0 aromatic heterocycles. The Morgan fingerprint density at radius 3 is 3.00 bits per heavy atom. The van der Waals surface area contributed by atoms with E-state index in [1.807, 2.05) is 0 Å². The van der Waals surface area contributed by atoms with E-state index < -0.39 is 0 Å². The van der Waals surface area contributed by atoms with Gasteiger partial charge in [-0.15, -0.1) is 0 Å². The van der Waals surface area contributed by atoms with Gasteiger partial charge < -0.3 is 4.74 Å². The Labute approximate surface area is 92.5 Å². The molecule has 1 heterocycles. The Morgan fingerprint density at radius 1 is 1.47 bits per heavy atom. The van der Waals surface area contributed by atoms with Crippen molar-refractivity contribution in [1.82, 2.24) is 0 Å². The van der Waals surface area contributed by atoms with Gasteiger partial charge >= 0.3 is 0 Å². The van der Waals surface area contributed by atoms with Crippen molar-refractivity contribution in [3.63, 3.8) is 0 Å². The summed E-state index contributed by atoms with van der Waals surface area (Å²) < 4.78 is 5.78. The third kappa shape index (κ3) is 2.17. The van der Waals surface area contributed by atoms with Crippen LogP contribution in [-0.2, 0) is 4.74 Å². The maximum atomic E-state index is 5.78. The predicted octanol–water partition coefficient (Wildman–Crippen LogP) is 3.84. The van der Waals surface area contributed by atoms with Gasteiger partial charge in [-0.1, -0.05) is 39.0 Å². The minimum atomic E-state index is 0.114. The molecule has 1 atom stereocenters. The van der Waals surface area contributed by atoms with Gasteiger partial charge in [0.15, 0.2) is 0 Å². The lowest BCUT2D eigenvalue weighted by molar-refractivity contribution is 0.164. The van der Waals surface area contributed by atoms with Gasteiger partial charge in [-0.3, -0.25) is 0 Å². The molecule has 1 aliphatic carbocycles. The SMILES string of the molecule is CCC1CCOC2=CC(C)(C)C=CC=C21. The Morgan fingerprint density at radius 2 is 2.27 bits per heavy atom. The first kappa shape index (κ1) is 10.5. The molecular formula is C14H20O. The predicted molar refractivity (Wildman–Crippen MR) is 63.4 cm³/mol. The van der Waals surface area contributed by atoms with E-state index in [1.54, 1.807) is 0 Å². The smallest absolute Gasteiger partial charge is 0.119 e. The van der Waals surface area contributed by atoms with Gasteiger partial charge in [0.05, 0.1) is 6.61 Å².